The number of benzene rings is 1. The average molecular weight is 243 g/mol. The first kappa shape index (κ1) is 12.4. The van der Waals surface area contributed by atoms with Crippen LogP contribution in [0.2, 0.25) is 0 Å². The van der Waals surface area contributed by atoms with Crippen LogP contribution in [0.4, 0.5) is 0 Å². The first-order chi connectivity index (χ1) is 8.59. The number of carboxylic acid groups (broad SMARTS) is 1. The van der Waals surface area contributed by atoms with E-state index in [0.717, 1.165) is 17.1 Å². The number of carboxylic acids is 1. The van der Waals surface area contributed by atoms with Crippen LogP contribution in [0.3, 0.4) is 0 Å². The number of hydrogen-bond acceptors (Lipinski definition) is 1. The lowest BCUT2D eigenvalue weighted by molar-refractivity contribution is -0.141. The SMILES string of the molecule is Cc1ccc(CC(C)C(=O)O)n1-c1ccccc1. The highest BCUT2D eigenvalue weighted by molar-refractivity contribution is 5.69. The molecule has 0 saturated carbocycles. The van der Waals surface area contributed by atoms with Gasteiger partial charge >= 0.3 is 5.97 Å². The number of carbonyl (C=O) groups is 1. The van der Waals surface area contributed by atoms with E-state index in [9.17, 15) is 4.79 Å². The van der Waals surface area contributed by atoms with Crippen molar-refractivity contribution >= 4 is 5.97 Å². The van der Waals surface area contributed by atoms with Crippen molar-refractivity contribution in [3.8, 4) is 5.69 Å². The molecule has 18 heavy (non-hydrogen) atoms. The second kappa shape index (κ2) is 5.08. The van der Waals surface area contributed by atoms with Gasteiger partial charge in [0.25, 0.3) is 0 Å². The van der Waals surface area contributed by atoms with Gasteiger partial charge in [0, 0.05) is 23.5 Å². The zero-order valence-corrected chi connectivity index (χ0v) is 10.6. The molecule has 0 bridgehead atoms. The molecular formula is C15H17NO2. The highest BCUT2D eigenvalue weighted by atomic mass is 16.4. The van der Waals surface area contributed by atoms with Crippen LogP contribution in [0.25, 0.3) is 5.69 Å². The summed E-state index contributed by atoms with van der Waals surface area (Å²) >= 11 is 0. The van der Waals surface area contributed by atoms with Gasteiger partial charge in [0.15, 0.2) is 0 Å². The van der Waals surface area contributed by atoms with Gasteiger partial charge in [0.2, 0.25) is 0 Å². The van der Waals surface area contributed by atoms with E-state index in [1.807, 2.05) is 49.4 Å². The predicted molar refractivity (Wildman–Crippen MR) is 71.0 cm³/mol. The Morgan fingerprint density at radius 3 is 2.50 bits per heavy atom. The molecule has 0 saturated heterocycles. The monoisotopic (exact) mass is 243 g/mol. The number of hydrogen-bond donors (Lipinski definition) is 1. The molecule has 0 fully saturated rings. The molecule has 1 aromatic carbocycles. The van der Waals surface area contributed by atoms with Crippen molar-refractivity contribution in [2.45, 2.75) is 20.3 Å². The molecule has 3 heteroatoms. The summed E-state index contributed by atoms with van der Waals surface area (Å²) in [5.41, 5.74) is 3.23. The zero-order valence-electron chi connectivity index (χ0n) is 10.6. The number of aliphatic carboxylic acids is 1. The lowest BCUT2D eigenvalue weighted by atomic mass is 10.1. The van der Waals surface area contributed by atoms with E-state index < -0.39 is 5.97 Å². The molecule has 0 spiro atoms. The summed E-state index contributed by atoms with van der Waals surface area (Å²) in [6, 6.07) is 14.0. The average Bonchev–Trinajstić information content (AvgIpc) is 2.71. The normalized spacial score (nSPS) is 12.3. The summed E-state index contributed by atoms with van der Waals surface area (Å²) in [5.74, 6) is -1.13. The molecule has 2 rings (SSSR count). The first-order valence-corrected chi connectivity index (χ1v) is 6.05. The number of para-hydroxylation sites is 1. The highest BCUT2D eigenvalue weighted by Gasteiger charge is 2.15. The Hall–Kier alpha value is -2.03. The van der Waals surface area contributed by atoms with Crippen LogP contribution in [-0.2, 0) is 11.2 Å². The molecule has 94 valence electrons. The molecule has 0 aliphatic carbocycles. The van der Waals surface area contributed by atoms with Crippen molar-refractivity contribution in [1.29, 1.82) is 0 Å². The number of aryl methyl sites for hydroxylation is 1. The molecule has 0 radical (unpaired) electrons. The lowest BCUT2D eigenvalue weighted by Crippen LogP contribution is -2.14. The van der Waals surface area contributed by atoms with Crippen LogP contribution in [-0.4, -0.2) is 15.6 Å². The van der Waals surface area contributed by atoms with Crippen LogP contribution >= 0.6 is 0 Å². The predicted octanol–water partition coefficient (Wildman–Crippen LogP) is 3.05. The van der Waals surface area contributed by atoms with Gasteiger partial charge in [-0.1, -0.05) is 25.1 Å². The third-order valence-corrected chi connectivity index (χ3v) is 3.11. The van der Waals surface area contributed by atoms with E-state index in [2.05, 4.69) is 4.57 Å². The second-order valence-electron chi connectivity index (χ2n) is 4.58. The van der Waals surface area contributed by atoms with Gasteiger partial charge in [-0.3, -0.25) is 4.79 Å². The summed E-state index contributed by atoms with van der Waals surface area (Å²) in [5, 5.41) is 9.00. The number of aromatic nitrogens is 1. The number of rotatable bonds is 4. The zero-order chi connectivity index (χ0) is 13.1. The van der Waals surface area contributed by atoms with Crippen molar-refractivity contribution < 1.29 is 9.90 Å². The topological polar surface area (TPSA) is 42.2 Å². The largest absolute Gasteiger partial charge is 0.481 e. The van der Waals surface area contributed by atoms with Crippen LogP contribution in [0.15, 0.2) is 42.5 Å². The summed E-state index contributed by atoms with van der Waals surface area (Å²) in [6.07, 6.45) is 0.540. The minimum atomic E-state index is -0.756. The van der Waals surface area contributed by atoms with Gasteiger partial charge in [-0.25, -0.2) is 0 Å². The number of nitrogens with zero attached hydrogens (tertiary/aromatic N) is 1. The van der Waals surface area contributed by atoms with E-state index in [-0.39, 0.29) is 5.92 Å². The van der Waals surface area contributed by atoms with E-state index in [4.69, 9.17) is 5.11 Å². The molecule has 3 nitrogen and oxygen atoms in total. The summed E-state index contributed by atoms with van der Waals surface area (Å²) in [4.78, 5) is 10.9. The van der Waals surface area contributed by atoms with Crippen LogP contribution in [0.5, 0.6) is 0 Å². The van der Waals surface area contributed by atoms with E-state index >= 15 is 0 Å². The smallest absolute Gasteiger partial charge is 0.306 e. The molecule has 0 aliphatic rings. The standard InChI is InChI=1S/C15H17NO2/c1-11(15(17)18)10-14-9-8-12(2)16(14)13-6-4-3-5-7-13/h3-9,11H,10H2,1-2H3,(H,17,18). The molecule has 1 aromatic heterocycles. The van der Waals surface area contributed by atoms with Gasteiger partial charge < -0.3 is 9.67 Å². The van der Waals surface area contributed by atoms with Crippen molar-refractivity contribution in [2.75, 3.05) is 0 Å². The van der Waals surface area contributed by atoms with Crippen molar-refractivity contribution in [1.82, 2.24) is 4.57 Å². The molecule has 1 N–H and O–H groups in total. The maximum atomic E-state index is 10.9. The molecule has 1 unspecified atom stereocenters. The van der Waals surface area contributed by atoms with Crippen molar-refractivity contribution in [2.24, 2.45) is 5.92 Å². The summed E-state index contributed by atoms with van der Waals surface area (Å²) in [7, 11) is 0. The molecule has 1 atom stereocenters. The Morgan fingerprint density at radius 2 is 1.89 bits per heavy atom. The Labute approximate surface area is 107 Å². The Bertz CT molecular complexity index is 543. The Balaban J connectivity index is 2.36. The fourth-order valence-electron chi connectivity index (χ4n) is 2.10. The maximum absolute atomic E-state index is 10.9. The Kier molecular flexibility index (Phi) is 3.51. The quantitative estimate of drug-likeness (QED) is 0.896. The third-order valence-electron chi connectivity index (χ3n) is 3.11. The molecule has 0 aliphatic heterocycles. The minimum absolute atomic E-state index is 0.373. The molecular weight excluding hydrogens is 226 g/mol. The van der Waals surface area contributed by atoms with Crippen molar-refractivity contribution in [3.05, 3.63) is 53.9 Å². The van der Waals surface area contributed by atoms with E-state index in [1.165, 1.54) is 0 Å². The third kappa shape index (κ3) is 2.45. The fourth-order valence-corrected chi connectivity index (χ4v) is 2.10. The summed E-state index contributed by atoms with van der Waals surface area (Å²) < 4.78 is 2.11. The van der Waals surface area contributed by atoms with E-state index in [0.29, 0.717) is 6.42 Å². The van der Waals surface area contributed by atoms with E-state index in [1.54, 1.807) is 6.92 Å². The molecule has 1 heterocycles. The van der Waals surface area contributed by atoms with Gasteiger partial charge in [0.05, 0.1) is 5.92 Å². The maximum Gasteiger partial charge on any atom is 0.306 e. The van der Waals surface area contributed by atoms with Gasteiger partial charge in [0.1, 0.15) is 0 Å². The molecule has 2 aromatic rings. The van der Waals surface area contributed by atoms with Gasteiger partial charge in [-0.05, 0) is 31.2 Å². The highest BCUT2D eigenvalue weighted by Crippen LogP contribution is 2.19. The van der Waals surface area contributed by atoms with Crippen LogP contribution in [0, 0.1) is 12.8 Å². The van der Waals surface area contributed by atoms with Gasteiger partial charge in [-0.2, -0.15) is 0 Å². The van der Waals surface area contributed by atoms with Gasteiger partial charge in [-0.15, -0.1) is 0 Å². The van der Waals surface area contributed by atoms with Crippen LogP contribution < -0.4 is 0 Å². The van der Waals surface area contributed by atoms with Crippen molar-refractivity contribution in [3.63, 3.8) is 0 Å². The lowest BCUT2D eigenvalue weighted by Gasteiger charge is -2.13. The minimum Gasteiger partial charge on any atom is -0.481 e. The van der Waals surface area contributed by atoms with Crippen LogP contribution in [0.1, 0.15) is 18.3 Å². The fraction of sp³-hybridized carbons (Fsp3) is 0.267. The first-order valence-electron chi connectivity index (χ1n) is 6.05. The Morgan fingerprint density at radius 1 is 1.22 bits per heavy atom. The molecule has 0 amide bonds. The summed E-state index contributed by atoms with van der Waals surface area (Å²) in [6.45, 7) is 3.77. The second-order valence-corrected chi connectivity index (χ2v) is 4.58.